The minimum atomic E-state index is -0.0499. The van der Waals surface area contributed by atoms with Gasteiger partial charge >= 0.3 is 6.03 Å². The molecule has 0 bridgehead atoms. The first-order chi connectivity index (χ1) is 11.2. The average Bonchev–Trinajstić information content (AvgIpc) is 2.55. The van der Waals surface area contributed by atoms with E-state index in [-0.39, 0.29) is 16.8 Å². The van der Waals surface area contributed by atoms with Gasteiger partial charge in [0.05, 0.1) is 0 Å². The molecule has 3 rings (SSSR count). The minimum Gasteiger partial charge on any atom is -0.339 e. The molecule has 2 amide bonds. The molecule has 0 unspecified atom stereocenters. The molecule has 2 aliphatic rings. The van der Waals surface area contributed by atoms with Crippen molar-refractivity contribution in [1.82, 2.24) is 20.6 Å². The number of hydrogen-bond acceptors (Lipinski definition) is 5. The van der Waals surface area contributed by atoms with E-state index in [1.165, 1.54) is 19.3 Å². The molecular weight excluding hydrogens is 310 g/mol. The van der Waals surface area contributed by atoms with Crippen molar-refractivity contribution >= 4 is 23.7 Å². The van der Waals surface area contributed by atoms with Gasteiger partial charge in [0.25, 0.3) is 0 Å². The Morgan fingerprint density at radius 2 is 2.17 bits per heavy atom. The summed E-state index contributed by atoms with van der Waals surface area (Å²) in [6, 6.07) is 1.92. The smallest absolute Gasteiger partial charge is 0.315 e. The Morgan fingerprint density at radius 3 is 2.83 bits per heavy atom. The van der Waals surface area contributed by atoms with Crippen LogP contribution in [0.5, 0.6) is 0 Å². The molecular formula is C16H25N5OS. The molecule has 2 fully saturated rings. The van der Waals surface area contributed by atoms with Gasteiger partial charge in [-0.25, -0.2) is 14.8 Å². The third-order valence-corrected chi connectivity index (χ3v) is 6.28. The predicted octanol–water partition coefficient (Wildman–Crippen LogP) is 2.03. The van der Waals surface area contributed by atoms with Crippen LogP contribution in [0.15, 0.2) is 18.5 Å². The molecule has 7 heteroatoms. The first kappa shape index (κ1) is 16.4. The molecule has 1 atom stereocenters. The van der Waals surface area contributed by atoms with Crippen molar-refractivity contribution in [2.24, 2.45) is 0 Å². The van der Waals surface area contributed by atoms with Gasteiger partial charge in [0.1, 0.15) is 0 Å². The van der Waals surface area contributed by atoms with Gasteiger partial charge in [0.15, 0.2) is 0 Å². The van der Waals surface area contributed by atoms with Gasteiger partial charge in [-0.05, 0) is 38.0 Å². The van der Waals surface area contributed by atoms with Crippen LogP contribution in [0, 0.1) is 0 Å². The predicted molar refractivity (Wildman–Crippen MR) is 93.9 cm³/mol. The van der Waals surface area contributed by atoms with Gasteiger partial charge in [-0.3, -0.25) is 0 Å². The van der Waals surface area contributed by atoms with Crippen LogP contribution < -0.4 is 15.5 Å². The molecule has 1 saturated heterocycles. The van der Waals surface area contributed by atoms with Crippen molar-refractivity contribution < 1.29 is 4.79 Å². The minimum absolute atomic E-state index is 0.0499. The molecule has 1 aromatic rings. The Labute approximate surface area is 141 Å². The van der Waals surface area contributed by atoms with Crippen molar-refractivity contribution in [2.75, 3.05) is 30.8 Å². The van der Waals surface area contributed by atoms with E-state index >= 15 is 0 Å². The van der Waals surface area contributed by atoms with E-state index in [0.29, 0.717) is 0 Å². The summed E-state index contributed by atoms with van der Waals surface area (Å²) < 4.78 is 0.272. The number of amides is 2. The van der Waals surface area contributed by atoms with Crippen LogP contribution in [0.3, 0.4) is 0 Å². The summed E-state index contributed by atoms with van der Waals surface area (Å²) >= 11 is 1.88. The number of urea groups is 1. The molecule has 1 aliphatic heterocycles. The number of thioether (sulfide) groups is 1. The molecule has 2 heterocycles. The van der Waals surface area contributed by atoms with Crippen LogP contribution in [-0.4, -0.2) is 52.7 Å². The van der Waals surface area contributed by atoms with Crippen LogP contribution in [0.25, 0.3) is 0 Å². The summed E-state index contributed by atoms with van der Waals surface area (Å²) in [5.74, 6) is 0.746. The lowest BCUT2D eigenvalue weighted by molar-refractivity contribution is 0.230. The van der Waals surface area contributed by atoms with E-state index in [0.717, 1.165) is 38.4 Å². The summed E-state index contributed by atoms with van der Waals surface area (Å²) in [6.07, 6.45) is 11.4. The van der Waals surface area contributed by atoms with Crippen LogP contribution in [0.4, 0.5) is 10.7 Å². The molecule has 0 radical (unpaired) electrons. The number of rotatable bonds is 5. The summed E-state index contributed by atoms with van der Waals surface area (Å²) in [7, 11) is 0. The fraction of sp³-hybridized carbons (Fsp3) is 0.688. The van der Waals surface area contributed by atoms with Crippen molar-refractivity contribution in [3.8, 4) is 0 Å². The number of carbonyl (C=O) groups is 1. The van der Waals surface area contributed by atoms with Gasteiger partial charge in [0.2, 0.25) is 5.95 Å². The Bertz CT molecular complexity index is 517. The Balaban J connectivity index is 1.46. The van der Waals surface area contributed by atoms with Gasteiger partial charge in [0, 0.05) is 42.8 Å². The van der Waals surface area contributed by atoms with Gasteiger partial charge < -0.3 is 15.5 Å². The Kier molecular flexibility index (Phi) is 5.25. The highest BCUT2D eigenvalue weighted by atomic mass is 32.2. The van der Waals surface area contributed by atoms with E-state index in [1.807, 2.05) is 17.8 Å². The van der Waals surface area contributed by atoms with E-state index < -0.39 is 0 Å². The normalized spacial score (nSPS) is 23.0. The number of anilines is 1. The van der Waals surface area contributed by atoms with E-state index in [2.05, 4.69) is 31.8 Å². The topological polar surface area (TPSA) is 70.2 Å². The number of piperidine rings is 1. The standard InChI is InChI=1S/C16H25N5OS/c1-23-16(6-3-7-16)12-19-15(22)20-13-5-2-10-21(11-13)14-17-8-4-9-18-14/h4,8-9,13H,2-3,5-7,10-12H2,1H3,(H2,19,20,22)/t13-/m1/s1. The number of nitrogens with one attached hydrogen (secondary N) is 2. The monoisotopic (exact) mass is 335 g/mol. The lowest BCUT2D eigenvalue weighted by Crippen LogP contribution is -2.53. The third-order valence-electron chi connectivity index (χ3n) is 4.86. The van der Waals surface area contributed by atoms with Crippen molar-refractivity contribution in [3.05, 3.63) is 18.5 Å². The number of nitrogens with zero attached hydrogens (tertiary/aromatic N) is 3. The largest absolute Gasteiger partial charge is 0.339 e. The highest BCUT2D eigenvalue weighted by Gasteiger charge is 2.36. The second-order valence-electron chi connectivity index (χ2n) is 6.40. The summed E-state index contributed by atoms with van der Waals surface area (Å²) in [4.78, 5) is 22.9. The molecule has 1 saturated carbocycles. The molecule has 1 aliphatic carbocycles. The second kappa shape index (κ2) is 7.38. The van der Waals surface area contributed by atoms with Gasteiger partial charge in [-0.1, -0.05) is 6.42 Å². The molecule has 2 N–H and O–H groups in total. The second-order valence-corrected chi connectivity index (χ2v) is 7.68. The Morgan fingerprint density at radius 1 is 1.39 bits per heavy atom. The molecule has 6 nitrogen and oxygen atoms in total. The lowest BCUT2D eigenvalue weighted by atomic mass is 9.84. The highest BCUT2D eigenvalue weighted by Crippen LogP contribution is 2.42. The summed E-state index contributed by atoms with van der Waals surface area (Å²) in [5.41, 5.74) is 0. The van der Waals surface area contributed by atoms with Crippen LogP contribution >= 0.6 is 11.8 Å². The van der Waals surface area contributed by atoms with Crippen molar-refractivity contribution in [2.45, 2.75) is 42.9 Å². The molecule has 0 aromatic carbocycles. The van der Waals surface area contributed by atoms with Gasteiger partial charge in [-0.15, -0.1) is 0 Å². The molecule has 0 spiro atoms. The van der Waals surface area contributed by atoms with Crippen LogP contribution in [0.2, 0.25) is 0 Å². The van der Waals surface area contributed by atoms with E-state index in [4.69, 9.17) is 0 Å². The first-order valence-corrected chi connectivity index (χ1v) is 9.55. The maximum atomic E-state index is 12.2. The fourth-order valence-corrected chi connectivity index (χ4v) is 4.15. The van der Waals surface area contributed by atoms with Crippen LogP contribution in [0.1, 0.15) is 32.1 Å². The van der Waals surface area contributed by atoms with Gasteiger partial charge in [-0.2, -0.15) is 11.8 Å². The van der Waals surface area contributed by atoms with E-state index in [9.17, 15) is 4.79 Å². The Hall–Kier alpha value is -1.50. The molecule has 1 aromatic heterocycles. The zero-order valence-electron chi connectivity index (χ0n) is 13.6. The SMILES string of the molecule is CSC1(CNC(=O)N[C@@H]2CCCN(c3ncccn3)C2)CCC1. The number of aromatic nitrogens is 2. The highest BCUT2D eigenvalue weighted by molar-refractivity contribution is 8.00. The zero-order valence-corrected chi connectivity index (χ0v) is 14.4. The zero-order chi connectivity index (χ0) is 16.1. The van der Waals surface area contributed by atoms with Crippen LogP contribution in [-0.2, 0) is 0 Å². The quantitative estimate of drug-likeness (QED) is 0.862. The maximum Gasteiger partial charge on any atom is 0.315 e. The van der Waals surface area contributed by atoms with E-state index in [1.54, 1.807) is 12.4 Å². The maximum absolute atomic E-state index is 12.2. The fourth-order valence-electron chi connectivity index (χ4n) is 3.23. The number of hydrogen-bond donors (Lipinski definition) is 2. The first-order valence-electron chi connectivity index (χ1n) is 8.32. The summed E-state index contributed by atoms with van der Waals surface area (Å²) in [5, 5.41) is 6.16. The average molecular weight is 335 g/mol. The molecule has 126 valence electrons. The van der Waals surface area contributed by atoms with Crippen molar-refractivity contribution in [1.29, 1.82) is 0 Å². The lowest BCUT2D eigenvalue weighted by Gasteiger charge is -2.40. The third kappa shape index (κ3) is 4.07. The molecule has 23 heavy (non-hydrogen) atoms. The van der Waals surface area contributed by atoms with Crippen molar-refractivity contribution in [3.63, 3.8) is 0 Å². The summed E-state index contributed by atoms with van der Waals surface area (Å²) in [6.45, 7) is 2.47. The number of carbonyl (C=O) groups excluding carboxylic acids is 1.